The van der Waals surface area contributed by atoms with Crippen molar-refractivity contribution in [1.29, 1.82) is 0 Å². The lowest BCUT2D eigenvalue weighted by atomic mass is 10.2. The van der Waals surface area contributed by atoms with Crippen molar-refractivity contribution < 1.29 is 9.53 Å². The highest BCUT2D eigenvalue weighted by atomic mass is 32.1. The molecule has 2 aromatic heterocycles. The van der Waals surface area contributed by atoms with Gasteiger partial charge < -0.3 is 4.74 Å². The molecule has 0 bridgehead atoms. The fraction of sp³-hybridized carbons (Fsp3) is 0.250. The molecule has 0 atom stereocenters. The van der Waals surface area contributed by atoms with Crippen LogP contribution in [0.5, 0.6) is 0 Å². The Hall–Kier alpha value is -1.75. The molecule has 4 nitrogen and oxygen atoms in total. The van der Waals surface area contributed by atoms with E-state index < -0.39 is 5.97 Å². The van der Waals surface area contributed by atoms with Gasteiger partial charge in [-0.3, -0.25) is 0 Å². The van der Waals surface area contributed by atoms with Crippen LogP contribution in [0.2, 0.25) is 0 Å². The van der Waals surface area contributed by atoms with Crippen LogP contribution in [-0.4, -0.2) is 23.0 Å². The number of thiophene rings is 1. The van der Waals surface area contributed by atoms with Gasteiger partial charge >= 0.3 is 5.97 Å². The lowest BCUT2D eigenvalue weighted by Crippen LogP contribution is -2.08. The van der Waals surface area contributed by atoms with Gasteiger partial charge in [0, 0.05) is 11.3 Å². The molecule has 2 aromatic rings. The molecule has 0 unspecified atom stereocenters. The lowest BCUT2D eigenvalue weighted by molar-refractivity contribution is 0.0593. The third-order valence-electron chi connectivity index (χ3n) is 2.22. The van der Waals surface area contributed by atoms with Crippen LogP contribution in [0.4, 0.5) is 0 Å². The average molecular weight is 248 g/mol. The van der Waals surface area contributed by atoms with E-state index in [1.54, 1.807) is 24.3 Å². The van der Waals surface area contributed by atoms with Crippen LogP contribution < -0.4 is 0 Å². The Morgan fingerprint density at radius 2 is 2.29 bits per heavy atom. The van der Waals surface area contributed by atoms with E-state index >= 15 is 0 Å². The van der Waals surface area contributed by atoms with Crippen molar-refractivity contribution in [3.63, 3.8) is 0 Å². The second-order valence-electron chi connectivity index (χ2n) is 3.54. The number of esters is 1. The van der Waals surface area contributed by atoms with E-state index in [1.165, 1.54) is 12.0 Å². The number of carbonyl (C=O) groups is 1. The predicted molar refractivity (Wildman–Crippen MR) is 65.2 cm³/mol. The molecular formula is C12H12N2O2S. The molecule has 0 radical (unpaired) electrons. The topological polar surface area (TPSA) is 52.1 Å². The average Bonchev–Trinajstić information content (AvgIpc) is 2.80. The van der Waals surface area contributed by atoms with E-state index in [4.69, 9.17) is 0 Å². The molecule has 88 valence electrons. The minimum Gasteiger partial charge on any atom is -0.464 e. The van der Waals surface area contributed by atoms with Gasteiger partial charge in [0.15, 0.2) is 5.69 Å². The highest BCUT2D eigenvalue weighted by molar-refractivity contribution is 7.09. The molecule has 0 spiro atoms. The number of carbonyl (C=O) groups excluding carboxylic acids is 1. The SMILES string of the molecule is COC(=O)c1cc(Cc2cccs2)nc(C)n1. The van der Waals surface area contributed by atoms with E-state index in [0.717, 1.165) is 5.69 Å². The van der Waals surface area contributed by atoms with Crippen molar-refractivity contribution in [2.45, 2.75) is 13.3 Å². The Bertz CT molecular complexity index is 523. The fourth-order valence-corrected chi connectivity index (χ4v) is 2.24. The number of hydrogen-bond donors (Lipinski definition) is 0. The van der Waals surface area contributed by atoms with E-state index in [0.29, 0.717) is 17.9 Å². The van der Waals surface area contributed by atoms with Crippen molar-refractivity contribution >= 4 is 17.3 Å². The number of rotatable bonds is 3. The molecule has 0 aliphatic carbocycles. The third kappa shape index (κ3) is 2.88. The highest BCUT2D eigenvalue weighted by Gasteiger charge is 2.10. The summed E-state index contributed by atoms with van der Waals surface area (Å²) in [5, 5.41) is 2.02. The summed E-state index contributed by atoms with van der Waals surface area (Å²) >= 11 is 1.67. The summed E-state index contributed by atoms with van der Waals surface area (Å²) in [4.78, 5) is 21.0. The summed E-state index contributed by atoms with van der Waals surface area (Å²) in [6.07, 6.45) is 0.713. The molecule has 0 aliphatic heterocycles. The summed E-state index contributed by atoms with van der Waals surface area (Å²) in [6, 6.07) is 5.72. The number of ether oxygens (including phenoxy) is 1. The highest BCUT2D eigenvalue weighted by Crippen LogP contribution is 2.14. The van der Waals surface area contributed by atoms with Crippen LogP contribution in [0, 0.1) is 6.92 Å². The molecule has 0 fully saturated rings. The molecule has 0 aliphatic rings. The van der Waals surface area contributed by atoms with Gasteiger partial charge in [0.2, 0.25) is 0 Å². The summed E-state index contributed by atoms with van der Waals surface area (Å²) in [5.74, 6) is 0.155. The maximum Gasteiger partial charge on any atom is 0.356 e. The summed E-state index contributed by atoms with van der Waals surface area (Å²) < 4.78 is 4.65. The predicted octanol–water partition coefficient (Wildman–Crippen LogP) is 2.22. The number of methoxy groups -OCH3 is 1. The molecule has 2 rings (SSSR count). The lowest BCUT2D eigenvalue weighted by Gasteiger charge is -2.03. The van der Waals surface area contributed by atoms with E-state index in [2.05, 4.69) is 14.7 Å². The number of aryl methyl sites for hydroxylation is 1. The summed E-state index contributed by atoms with van der Waals surface area (Å²) in [6.45, 7) is 1.77. The Morgan fingerprint density at radius 1 is 1.47 bits per heavy atom. The maximum atomic E-state index is 11.4. The zero-order chi connectivity index (χ0) is 12.3. The van der Waals surface area contributed by atoms with Gasteiger partial charge in [-0.2, -0.15) is 0 Å². The van der Waals surface area contributed by atoms with Crippen LogP contribution in [0.1, 0.15) is 26.9 Å². The standard InChI is InChI=1S/C12H12N2O2S/c1-8-13-9(6-10-4-3-5-17-10)7-11(14-8)12(15)16-2/h3-5,7H,6H2,1-2H3. The fourth-order valence-electron chi connectivity index (χ4n) is 1.52. The zero-order valence-corrected chi connectivity index (χ0v) is 10.5. The first-order valence-corrected chi connectivity index (χ1v) is 6.02. The quantitative estimate of drug-likeness (QED) is 0.781. The van der Waals surface area contributed by atoms with E-state index in [-0.39, 0.29) is 0 Å². The number of hydrogen-bond acceptors (Lipinski definition) is 5. The molecule has 5 heteroatoms. The van der Waals surface area contributed by atoms with Crippen LogP contribution in [0.15, 0.2) is 23.6 Å². The van der Waals surface area contributed by atoms with E-state index in [9.17, 15) is 4.79 Å². The first kappa shape index (κ1) is 11.7. The Balaban J connectivity index is 2.28. The Labute approximate surface area is 103 Å². The van der Waals surface area contributed by atoms with Crippen LogP contribution >= 0.6 is 11.3 Å². The molecule has 0 saturated carbocycles. The minimum atomic E-state index is -0.428. The largest absolute Gasteiger partial charge is 0.464 e. The van der Waals surface area contributed by atoms with Gasteiger partial charge in [-0.15, -0.1) is 11.3 Å². The van der Waals surface area contributed by atoms with Crippen molar-refractivity contribution in [2.24, 2.45) is 0 Å². The van der Waals surface area contributed by atoms with Crippen LogP contribution in [0.3, 0.4) is 0 Å². The van der Waals surface area contributed by atoms with Crippen molar-refractivity contribution in [3.05, 3.63) is 45.7 Å². The normalized spacial score (nSPS) is 10.2. The van der Waals surface area contributed by atoms with Gasteiger partial charge in [0.1, 0.15) is 5.82 Å². The molecule has 0 saturated heterocycles. The van der Waals surface area contributed by atoms with Gasteiger partial charge in [-0.25, -0.2) is 14.8 Å². The zero-order valence-electron chi connectivity index (χ0n) is 9.64. The van der Waals surface area contributed by atoms with Crippen molar-refractivity contribution in [2.75, 3.05) is 7.11 Å². The van der Waals surface area contributed by atoms with Gasteiger partial charge in [0.05, 0.1) is 12.8 Å². The van der Waals surface area contributed by atoms with Crippen molar-refractivity contribution in [1.82, 2.24) is 9.97 Å². The second-order valence-corrected chi connectivity index (χ2v) is 4.57. The van der Waals surface area contributed by atoms with Crippen LogP contribution in [-0.2, 0) is 11.2 Å². The molecule has 17 heavy (non-hydrogen) atoms. The minimum absolute atomic E-state index is 0.312. The van der Waals surface area contributed by atoms with Crippen LogP contribution in [0.25, 0.3) is 0 Å². The van der Waals surface area contributed by atoms with E-state index in [1.807, 2.05) is 17.5 Å². The molecule has 0 amide bonds. The van der Waals surface area contributed by atoms with Crippen molar-refractivity contribution in [3.8, 4) is 0 Å². The number of aromatic nitrogens is 2. The first-order chi connectivity index (χ1) is 8.19. The maximum absolute atomic E-state index is 11.4. The van der Waals surface area contributed by atoms with Gasteiger partial charge in [-0.1, -0.05) is 6.07 Å². The third-order valence-corrected chi connectivity index (χ3v) is 3.10. The summed E-state index contributed by atoms with van der Waals surface area (Å²) in [7, 11) is 1.35. The van der Waals surface area contributed by atoms with Gasteiger partial charge in [0.25, 0.3) is 0 Å². The molecule has 0 aromatic carbocycles. The molecule has 2 heterocycles. The second kappa shape index (κ2) is 5.05. The smallest absolute Gasteiger partial charge is 0.356 e. The molecule has 0 N–H and O–H groups in total. The Kier molecular flexibility index (Phi) is 3.49. The van der Waals surface area contributed by atoms with Gasteiger partial charge in [-0.05, 0) is 24.4 Å². The number of nitrogens with zero attached hydrogens (tertiary/aromatic N) is 2. The monoisotopic (exact) mass is 248 g/mol. The summed E-state index contributed by atoms with van der Waals surface area (Å²) in [5.41, 5.74) is 1.15. The Morgan fingerprint density at radius 3 is 2.94 bits per heavy atom. The first-order valence-electron chi connectivity index (χ1n) is 5.14. The molecular weight excluding hydrogens is 236 g/mol.